The first kappa shape index (κ1) is 24.7. The normalized spacial score (nSPS) is 14.8. The number of carbonyl (C=O) groups is 1. The molecule has 192 valence electrons. The van der Waals surface area contributed by atoms with Crippen molar-refractivity contribution in [2.45, 2.75) is 28.5 Å². The Morgan fingerprint density at radius 1 is 0.842 bits per heavy atom. The molecule has 5 nitrogen and oxygen atoms in total. The molecule has 0 saturated carbocycles. The van der Waals surface area contributed by atoms with E-state index in [4.69, 9.17) is 14.2 Å². The second-order valence-electron chi connectivity index (χ2n) is 9.14. The zero-order chi connectivity index (χ0) is 25.9. The molecule has 0 spiro atoms. The van der Waals surface area contributed by atoms with Crippen LogP contribution >= 0.6 is 11.8 Å². The molecule has 0 bridgehead atoms. The maximum absolute atomic E-state index is 14.0. The lowest BCUT2D eigenvalue weighted by Crippen LogP contribution is -2.25. The van der Waals surface area contributed by atoms with Gasteiger partial charge in [-0.15, -0.1) is 0 Å². The molecule has 0 aromatic heterocycles. The van der Waals surface area contributed by atoms with Crippen molar-refractivity contribution in [3.8, 4) is 11.1 Å². The number of fused-ring (bicyclic) bond motifs is 3. The number of carbonyl (C=O) groups excluding carboxylic acids is 1. The lowest BCUT2D eigenvalue weighted by atomic mass is 9.98. The van der Waals surface area contributed by atoms with Crippen LogP contribution in [-0.2, 0) is 20.8 Å². The van der Waals surface area contributed by atoms with E-state index >= 15 is 0 Å². The minimum absolute atomic E-state index is 0.00733. The number of nitrogens with one attached hydrogen (secondary N) is 1. The SMILES string of the molecule is O=C(NCc1ccccc1Sc1ccc(F)cc1C1OCCO1)OCC1c2ccccc2-c2ccccc21. The third kappa shape index (κ3) is 5.05. The van der Waals surface area contributed by atoms with Crippen molar-refractivity contribution in [1.29, 1.82) is 0 Å². The summed E-state index contributed by atoms with van der Waals surface area (Å²) < 4.78 is 30.9. The van der Waals surface area contributed by atoms with Crippen LogP contribution in [0.4, 0.5) is 9.18 Å². The van der Waals surface area contributed by atoms with E-state index in [1.807, 2.05) is 48.5 Å². The van der Waals surface area contributed by atoms with Gasteiger partial charge in [0.25, 0.3) is 0 Å². The minimum Gasteiger partial charge on any atom is -0.449 e. The fraction of sp³-hybridized carbons (Fsp3) is 0.194. The van der Waals surface area contributed by atoms with Gasteiger partial charge in [0.2, 0.25) is 0 Å². The Morgan fingerprint density at radius 2 is 1.50 bits per heavy atom. The van der Waals surface area contributed by atoms with E-state index in [1.165, 1.54) is 46.1 Å². The first-order valence-corrected chi connectivity index (χ1v) is 13.4. The second-order valence-corrected chi connectivity index (χ2v) is 10.2. The van der Waals surface area contributed by atoms with Gasteiger partial charge in [-0.2, -0.15) is 0 Å². The van der Waals surface area contributed by atoms with E-state index in [0.29, 0.717) is 25.3 Å². The Morgan fingerprint density at radius 3 is 2.24 bits per heavy atom. The lowest BCUT2D eigenvalue weighted by molar-refractivity contribution is -0.0462. The number of hydrogen-bond acceptors (Lipinski definition) is 5. The van der Waals surface area contributed by atoms with Crippen LogP contribution in [0.2, 0.25) is 0 Å². The molecule has 0 unspecified atom stereocenters. The Hall–Kier alpha value is -3.65. The van der Waals surface area contributed by atoms with Gasteiger partial charge in [-0.05, 0) is 52.1 Å². The highest BCUT2D eigenvalue weighted by molar-refractivity contribution is 7.99. The molecule has 2 aliphatic rings. The highest BCUT2D eigenvalue weighted by atomic mass is 32.2. The standard InChI is InChI=1S/C31H26FNO4S/c32-21-13-14-29(26(17-21)30-35-15-16-36-30)38-28-12-6-1-7-20(28)18-33-31(34)37-19-27-24-10-4-2-8-22(24)23-9-3-5-11-25(23)27/h1-14,17,27,30H,15-16,18-19H2,(H,33,34). The molecule has 1 aliphatic carbocycles. The third-order valence-electron chi connectivity index (χ3n) is 6.81. The van der Waals surface area contributed by atoms with Crippen molar-refractivity contribution in [1.82, 2.24) is 5.32 Å². The fourth-order valence-corrected chi connectivity index (χ4v) is 6.08. The monoisotopic (exact) mass is 527 g/mol. The Labute approximate surface area is 224 Å². The average Bonchev–Trinajstić information content (AvgIpc) is 3.59. The molecule has 0 radical (unpaired) electrons. The van der Waals surface area contributed by atoms with Gasteiger partial charge in [-0.1, -0.05) is 78.5 Å². The average molecular weight is 528 g/mol. The summed E-state index contributed by atoms with van der Waals surface area (Å²) in [5.41, 5.74) is 6.32. The smallest absolute Gasteiger partial charge is 0.407 e. The molecule has 4 aromatic rings. The molecule has 4 aromatic carbocycles. The van der Waals surface area contributed by atoms with Gasteiger partial charge in [-0.25, -0.2) is 9.18 Å². The van der Waals surface area contributed by atoms with Crippen LogP contribution in [0.1, 0.15) is 34.5 Å². The molecule has 0 atom stereocenters. The molecule has 1 heterocycles. The third-order valence-corrected chi connectivity index (χ3v) is 8.02. The van der Waals surface area contributed by atoms with Crippen molar-refractivity contribution >= 4 is 17.9 Å². The van der Waals surface area contributed by atoms with E-state index in [-0.39, 0.29) is 18.3 Å². The van der Waals surface area contributed by atoms with Crippen LogP contribution in [0.15, 0.2) is 101 Å². The molecule has 1 fully saturated rings. The molecular formula is C31H26FNO4S. The number of ether oxygens (including phenoxy) is 3. The van der Waals surface area contributed by atoms with Crippen LogP contribution in [0.25, 0.3) is 11.1 Å². The summed E-state index contributed by atoms with van der Waals surface area (Å²) in [6.45, 7) is 1.52. The molecular weight excluding hydrogens is 501 g/mol. The molecule has 1 N–H and O–H groups in total. The molecule has 1 saturated heterocycles. The lowest BCUT2D eigenvalue weighted by Gasteiger charge is -2.17. The van der Waals surface area contributed by atoms with Crippen molar-refractivity contribution in [2.75, 3.05) is 19.8 Å². The highest BCUT2D eigenvalue weighted by Gasteiger charge is 2.29. The van der Waals surface area contributed by atoms with Gasteiger partial charge in [0.15, 0.2) is 6.29 Å². The highest BCUT2D eigenvalue weighted by Crippen LogP contribution is 2.44. The Bertz CT molecular complexity index is 1420. The predicted octanol–water partition coefficient (Wildman–Crippen LogP) is 7.06. The summed E-state index contributed by atoms with van der Waals surface area (Å²) in [5, 5.41) is 2.89. The maximum atomic E-state index is 14.0. The van der Waals surface area contributed by atoms with Crippen molar-refractivity contribution in [3.63, 3.8) is 0 Å². The van der Waals surface area contributed by atoms with Crippen LogP contribution < -0.4 is 5.32 Å². The number of rotatable bonds is 7. The summed E-state index contributed by atoms with van der Waals surface area (Å²) >= 11 is 1.49. The Kier molecular flexibility index (Phi) is 7.14. The fourth-order valence-electron chi connectivity index (χ4n) is 5.02. The molecule has 38 heavy (non-hydrogen) atoms. The zero-order valence-corrected chi connectivity index (χ0v) is 21.4. The van der Waals surface area contributed by atoms with Gasteiger partial charge in [-0.3, -0.25) is 0 Å². The topological polar surface area (TPSA) is 56.8 Å². The molecule has 1 amide bonds. The summed E-state index contributed by atoms with van der Waals surface area (Å²) in [6.07, 6.45) is -1.05. The van der Waals surface area contributed by atoms with Crippen LogP contribution in [0.5, 0.6) is 0 Å². The number of alkyl carbamates (subject to hydrolysis) is 1. The van der Waals surface area contributed by atoms with E-state index in [9.17, 15) is 9.18 Å². The zero-order valence-electron chi connectivity index (χ0n) is 20.6. The van der Waals surface area contributed by atoms with Crippen LogP contribution in [0, 0.1) is 5.82 Å². The first-order chi connectivity index (χ1) is 18.7. The molecule has 7 heteroatoms. The number of halogens is 1. The number of benzene rings is 4. The van der Waals surface area contributed by atoms with E-state index < -0.39 is 12.4 Å². The first-order valence-electron chi connectivity index (χ1n) is 12.5. The van der Waals surface area contributed by atoms with Gasteiger partial charge >= 0.3 is 6.09 Å². The largest absolute Gasteiger partial charge is 0.449 e. The van der Waals surface area contributed by atoms with Gasteiger partial charge in [0.05, 0.1) is 13.2 Å². The van der Waals surface area contributed by atoms with Crippen molar-refractivity contribution in [2.24, 2.45) is 0 Å². The summed E-state index contributed by atoms with van der Waals surface area (Å²) in [5.74, 6) is -0.332. The quantitative estimate of drug-likeness (QED) is 0.279. The van der Waals surface area contributed by atoms with Crippen LogP contribution in [-0.4, -0.2) is 25.9 Å². The summed E-state index contributed by atoms with van der Waals surface area (Å²) in [6, 6.07) is 28.9. The summed E-state index contributed by atoms with van der Waals surface area (Å²) in [7, 11) is 0. The van der Waals surface area contributed by atoms with E-state index in [2.05, 4.69) is 29.6 Å². The van der Waals surface area contributed by atoms with Gasteiger partial charge in [0, 0.05) is 27.8 Å². The Balaban J connectivity index is 1.12. The van der Waals surface area contributed by atoms with Gasteiger partial charge in [0.1, 0.15) is 12.4 Å². The molecule has 1 aliphatic heterocycles. The summed E-state index contributed by atoms with van der Waals surface area (Å²) in [4.78, 5) is 14.5. The maximum Gasteiger partial charge on any atom is 0.407 e. The van der Waals surface area contributed by atoms with Crippen LogP contribution in [0.3, 0.4) is 0 Å². The molecule has 6 rings (SSSR count). The predicted molar refractivity (Wildman–Crippen MR) is 144 cm³/mol. The van der Waals surface area contributed by atoms with E-state index in [1.54, 1.807) is 6.07 Å². The van der Waals surface area contributed by atoms with Crippen molar-refractivity contribution < 1.29 is 23.4 Å². The minimum atomic E-state index is -0.584. The second kappa shape index (κ2) is 11.0. The van der Waals surface area contributed by atoms with E-state index in [0.717, 1.165) is 15.4 Å². The van der Waals surface area contributed by atoms with Crippen molar-refractivity contribution in [3.05, 3.63) is 119 Å². The van der Waals surface area contributed by atoms with Gasteiger partial charge < -0.3 is 19.5 Å². The number of amides is 1. The number of hydrogen-bond donors (Lipinski definition) is 1.